The second-order valence-corrected chi connectivity index (χ2v) is 8.35. The van der Waals surface area contributed by atoms with E-state index in [0.717, 1.165) is 31.2 Å². The highest BCUT2D eigenvalue weighted by molar-refractivity contribution is 6.35. The van der Waals surface area contributed by atoms with E-state index in [9.17, 15) is 9.59 Å². The maximum atomic E-state index is 12.9. The molecule has 0 atom stereocenters. The summed E-state index contributed by atoms with van der Waals surface area (Å²) in [5.41, 5.74) is 3.98. The summed E-state index contributed by atoms with van der Waals surface area (Å²) in [5.74, 6) is -0.114. The fourth-order valence-electron chi connectivity index (χ4n) is 3.90. The first-order valence-corrected chi connectivity index (χ1v) is 11.1. The SMILES string of the molecule is Cc1ccccc1C(=O)c1ccc(Nc2ccccc2NC(=O)OC2CCCC2)cc1Cl. The fourth-order valence-corrected chi connectivity index (χ4v) is 4.17. The number of benzene rings is 3. The van der Waals surface area contributed by atoms with E-state index in [1.54, 1.807) is 30.3 Å². The monoisotopic (exact) mass is 448 g/mol. The lowest BCUT2D eigenvalue weighted by Crippen LogP contribution is -2.20. The van der Waals surface area contributed by atoms with Crippen LogP contribution in [-0.2, 0) is 4.74 Å². The molecule has 2 N–H and O–H groups in total. The van der Waals surface area contributed by atoms with Crippen LogP contribution in [0, 0.1) is 6.92 Å². The van der Waals surface area contributed by atoms with Gasteiger partial charge < -0.3 is 10.1 Å². The van der Waals surface area contributed by atoms with Gasteiger partial charge in [-0.25, -0.2) is 4.79 Å². The first kappa shape index (κ1) is 21.9. The van der Waals surface area contributed by atoms with Crippen molar-refractivity contribution in [2.24, 2.45) is 0 Å². The van der Waals surface area contributed by atoms with Crippen LogP contribution in [-0.4, -0.2) is 18.0 Å². The number of halogens is 1. The lowest BCUT2D eigenvalue weighted by molar-refractivity contribution is 0.103. The van der Waals surface area contributed by atoms with Crippen molar-refractivity contribution in [2.75, 3.05) is 10.6 Å². The molecule has 0 bridgehead atoms. The first-order valence-electron chi connectivity index (χ1n) is 10.7. The molecule has 0 spiro atoms. The zero-order valence-electron chi connectivity index (χ0n) is 17.9. The molecule has 1 saturated carbocycles. The third kappa shape index (κ3) is 5.11. The van der Waals surface area contributed by atoms with Crippen molar-refractivity contribution in [1.82, 2.24) is 0 Å². The van der Waals surface area contributed by atoms with Gasteiger partial charge in [0.25, 0.3) is 0 Å². The summed E-state index contributed by atoms with van der Waals surface area (Å²) in [7, 11) is 0. The van der Waals surface area contributed by atoms with Gasteiger partial charge in [0, 0.05) is 16.8 Å². The molecule has 3 aromatic rings. The van der Waals surface area contributed by atoms with Gasteiger partial charge in [0.2, 0.25) is 0 Å². The van der Waals surface area contributed by atoms with Gasteiger partial charge in [0.05, 0.1) is 16.4 Å². The van der Waals surface area contributed by atoms with Gasteiger partial charge in [-0.1, -0.05) is 48.0 Å². The van der Waals surface area contributed by atoms with E-state index < -0.39 is 6.09 Å². The van der Waals surface area contributed by atoms with Gasteiger partial charge in [-0.05, 0) is 68.5 Å². The molecule has 0 aliphatic heterocycles. The Labute approximate surface area is 192 Å². The molecule has 0 unspecified atom stereocenters. The highest BCUT2D eigenvalue weighted by atomic mass is 35.5. The number of nitrogens with one attached hydrogen (secondary N) is 2. The average molecular weight is 449 g/mol. The largest absolute Gasteiger partial charge is 0.446 e. The van der Waals surface area contributed by atoms with Gasteiger partial charge in [0.1, 0.15) is 6.10 Å². The average Bonchev–Trinajstić information content (AvgIpc) is 3.28. The highest BCUT2D eigenvalue weighted by Crippen LogP contribution is 2.30. The van der Waals surface area contributed by atoms with Crippen LogP contribution in [0.15, 0.2) is 66.7 Å². The van der Waals surface area contributed by atoms with Gasteiger partial charge >= 0.3 is 6.09 Å². The Morgan fingerprint density at radius 1 is 0.906 bits per heavy atom. The Balaban J connectivity index is 1.49. The van der Waals surface area contributed by atoms with Gasteiger partial charge in [-0.3, -0.25) is 10.1 Å². The maximum absolute atomic E-state index is 12.9. The summed E-state index contributed by atoms with van der Waals surface area (Å²) in [6.07, 6.45) is 3.56. The number of hydrogen-bond acceptors (Lipinski definition) is 4. The van der Waals surface area contributed by atoms with Crippen LogP contribution in [0.4, 0.5) is 21.9 Å². The van der Waals surface area contributed by atoms with E-state index in [0.29, 0.717) is 33.2 Å². The molecule has 0 aromatic heterocycles. The molecule has 1 aliphatic rings. The number of amides is 1. The number of para-hydroxylation sites is 2. The van der Waals surface area contributed by atoms with Crippen LogP contribution in [0.3, 0.4) is 0 Å². The van der Waals surface area contributed by atoms with Crippen molar-refractivity contribution in [3.63, 3.8) is 0 Å². The number of rotatable bonds is 6. The van der Waals surface area contributed by atoms with E-state index in [2.05, 4.69) is 10.6 Å². The second kappa shape index (κ2) is 9.88. The normalized spacial score (nSPS) is 13.6. The Morgan fingerprint density at radius 2 is 1.59 bits per heavy atom. The second-order valence-electron chi connectivity index (χ2n) is 7.95. The van der Waals surface area contributed by atoms with E-state index in [1.165, 1.54) is 0 Å². The van der Waals surface area contributed by atoms with E-state index in [1.807, 2.05) is 43.3 Å². The minimum Gasteiger partial charge on any atom is -0.446 e. The van der Waals surface area contributed by atoms with E-state index in [4.69, 9.17) is 16.3 Å². The predicted molar refractivity (Wildman–Crippen MR) is 128 cm³/mol. The molecule has 1 amide bonds. The van der Waals surface area contributed by atoms with Crippen LogP contribution in [0.1, 0.15) is 47.2 Å². The minimum atomic E-state index is -0.455. The molecular weight excluding hydrogens is 424 g/mol. The fraction of sp³-hybridized carbons (Fsp3) is 0.231. The number of aryl methyl sites for hydroxylation is 1. The molecule has 32 heavy (non-hydrogen) atoms. The predicted octanol–water partition coefficient (Wildman–Crippen LogP) is 7.11. The summed E-state index contributed by atoms with van der Waals surface area (Å²) in [5, 5.41) is 6.44. The molecule has 164 valence electrons. The number of anilines is 3. The molecule has 1 aliphatic carbocycles. The lowest BCUT2D eigenvalue weighted by Gasteiger charge is -2.16. The summed E-state index contributed by atoms with van der Waals surface area (Å²) >= 11 is 6.46. The molecule has 6 heteroatoms. The number of carbonyl (C=O) groups excluding carboxylic acids is 2. The van der Waals surface area contributed by atoms with Crippen LogP contribution in [0.5, 0.6) is 0 Å². The highest BCUT2D eigenvalue weighted by Gasteiger charge is 2.20. The summed E-state index contributed by atoms with van der Waals surface area (Å²) in [4.78, 5) is 25.2. The zero-order chi connectivity index (χ0) is 22.5. The summed E-state index contributed by atoms with van der Waals surface area (Å²) in [6.45, 7) is 1.90. The lowest BCUT2D eigenvalue weighted by atomic mass is 9.99. The van der Waals surface area contributed by atoms with E-state index >= 15 is 0 Å². The van der Waals surface area contributed by atoms with Crippen molar-refractivity contribution in [1.29, 1.82) is 0 Å². The molecule has 0 radical (unpaired) electrons. The molecule has 0 saturated heterocycles. The van der Waals surface area contributed by atoms with Gasteiger partial charge in [-0.15, -0.1) is 0 Å². The third-order valence-electron chi connectivity index (χ3n) is 5.62. The smallest absolute Gasteiger partial charge is 0.411 e. The van der Waals surface area contributed by atoms with Crippen LogP contribution < -0.4 is 10.6 Å². The van der Waals surface area contributed by atoms with Crippen LogP contribution >= 0.6 is 11.6 Å². The minimum absolute atomic E-state index is 0.00717. The molecule has 3 aromatic carbocycles. The van der Waals surface area contributed by atoms with Crippen molar-refractivity contribution in [3.05, 3.63) is 88.4 Å². The van der Waals surface area contributed by atoms with E-state index in [-0.39, 0.29) is 11.9 Å². The Morgan fingerprint density at radius 3 is 2.31 bits per heavy atom. The molecule has 5 nitrogen and oxygen atoms in total. The molecular formula is C26H25ClN2O3. The van der Waals surface area contributed by atoms with Crippen molar-refractivity contribution >= 4 is 40.5 Å². The number of ether oxygens (including phenoxy) is 1. The van der Waals surface area contributed by atoms with Gasteiger partial charge in [-0.2, -0.15) is 0 Å². The molecule has 4 rings (SSSR count). The summed E-state index contributed by atoms with van der Waals surface area (Å²) in [6, 6.07) is 20.0. The van der Waals surface area contributed by atoms with Crippen LogP contribution in [0.2, 0.25) is 5.02 Å². The topological polar surface area (TPSA) is 67.4 Å². The molecule has 1 fully saturated rings. The Bertz CT molecular complexity index is 1140. The zero-order valence-corrected chi connectivity index (χ0v) is 18.6. The number of ketones is 1. The maximum Gasteiger partial charge on any atom is 0.411 e. The first-order chi connectivity index (χ1) is 15.5. The number of carbonyl (C=O) groups is 2. The Kier molecular flexibility index (Phi) is 6.76. The Hall–Kier alpha value is -3.31. The molecule has 0 heterocycles. The quantitative estimate of drug-likeness (QED) is 0.394. The number of hydrogen-bond donors (Lipinski definition) is 2. The van der Waals surface area contributed by atoms with Gasteiger partial charge in [0.15, 0.2) is 5.78 Å². The standard InChI is InChI=1S/C26H25ClN2O3/c1-17-8-2-5-11-20(17)25(30)21-15-14-18(16-22(21)27)28-23-12-6-7-13-24(23)29-26(31)32-19-9-3-4-10-19/h2,5-8,11-16,19,28H,3-4,9-10H2,1H3,(H,29,31). The van der Waals surface area contributed by atoms with Crippen LogP contribution in [0.25, 0.3) is 0 Å². The van der Waals surface area contributed by atoms with Crippen molar-refractivity contribution in [2.45, 2.75) is 38.7 Å². The third-order valence-corrected chi connectivity index (χ3v) is 5.93. The van der Waals surface area contributed by atoms with Crippen molar-refractivity contribution in [3.8, 4) is 0 Å². The van der Waals surface area contributed by atoms with Crippen molar-refractivity contribution < 1.29 is 14.3 Å². The summed E-state index contributed by atoms with van der Waals surface area (Å²) < 4.78 is 5.50.